The van der Waals surface area contributed by atoms with Gasteiger partial charge in [-0.2, -0.15) is 0 Å². The Hall–Kier alpha value is -2.30. The van der Waals surface area contributed by atoms with Gasteiger partial charge in [0, 0.05) is 14.1 Å². The number of rotatable bonds is 9. The van der Waals surface area contributed by atoms with E-state index >= 15 is 0 Å². The smallest absolute Gasteiger partial charge is 0.161 e. The minimum absolute atomic E-state index is 0.256. The molecule has 2 aliphatic heterocycles. The quantitative estimate of drug-likeness (QED) is 0.559. The zero-order valence-electron chi connectivity index (χ0n) is 20.8. The average molecular weight is 503 g/mol. The fourth-order valence-electron chi connectivity index (χ4n) is 4.16. The summed E-state index contributed by atoms with van der Waals surface area (Å²) in [5.41, 5.74) is 1.75. The summed E-state index contributed by atoms with van der Waals surface area (Å²) in [5.74, 6) is 1.58. The first-order chi connectivity index (χ1) is 16.9. The summed E-state index contributed by atoms with van der Waals surface area (Å²) in [4.78, 5) is 6.88. The van der Waals surface area contributed by atoms with Crippen LogP contribution in [0.5, 0.6) is 11.5 Å². The number of aliphatic imine (C=N–C) groups is 1. The van der Waals surface area contributed by atoms with Gasteiger partial charge in [-0.3, -0.25) is 4.99 Å². The van der Waals surface area contributed by atoms with Gasteiger partial charge in [0.15, 0.2) is 5.17 Å². The van der Waals surface area contributed by atoms with Gasteiger partial charge in [0.25, 0.3) is 0 Å². The molecule has 0 aliphatic carbocycles. The second-order valence-corrected chi connectivity index (χ2v) is 9.94. The summed E-state index contributed by atoms with van der Waals surface area (Å²) in [5, 5.41) is 11.5. The van der Waals surface area contributed by atoms with Crippen molar-refractivity contribution in [3.05, 3.63) is 59.7 Å². The van der Waals surface area contributed by atoms with Crippen molar-refractivity contribution < 1.29 is 28.8 Å². The lowest BCUT2D eigenvalue weighted by atomic mass is 9.94. The second-order valence-electron chi connectivity index (χ2n) is 8.87. The maximum absolute atomic E-state index is 10.6. The molecule has 2 aromatic carbocycles. The van der Waals surface area contributed by atoms with Gasteiger partial charge in [-0.15, -0.1) is 0 Å². The van der Waals surface area contributed by atoms with Gasteiger partial charge >= 0.3 is 0 Å². The summed E-state index contributed by atoms with van der Waals surface area (Å²) in [6.45, 7) is 2.45. The van der Waals surface area contributed by atoms with Crippen molar-refractivity contribution in [1.29, 1.82) is 0 Å². The number of amidine groups is 1. The van der Waals surface area contributed by atoms with Crippen molar-refractivity contribution in [2.75, 3.05) is 28.3 Å². The van der Waals surface area contributed by atoms with E-state index in [2.05, 4.69) is 0 Å². The Labute approximate surface area is 211 Å². The highest BCUT2D eigenvalue weighted by molar-refractivity contribution is 8.14. The number of fused-ring (bicyclic) bond motifs is 1. The van der Waals surface area contributed by atoms with Crippen LogP contribution in [0.25, 0.3) is 0 Å². The molecule has 0 saturated carbocycles. The topological polar surface area (TPSA) is 82.0 Å². The number of hydrogen-bond acceptors (Lipinski definition) is 9. The third-order valence-electron chi connectivity index (χ3n) is 6.10. The van der Waals surface area contributed by atoms with Gasteiger partial charge in [-0.25, -0.2) is 0 Å². The van der Waals surface area contributed by atoms with Crippen LogP contribution in [0, 0.1) is 0 Å². The third-order valence-corrected chi connectivity index (χ3v) is 7.40. The fraction of sp³-hybridized carbons (Fsp3) is 0.500. The van der Waals surface area contributed by atoms with Crippen LogP contribution in [0.2, 0.25) is 0 Å². The molecule has 2 aliphatic rings. The van der Waals surface area contributed by atoms with Crippen molar-refractivity contribution in [2.24, 2.45) is 4.99 Å². The van der Waals surface area contributed by atoms with Crippen LogP contribution in [-0.2, 0) is 27.4 Å². The number of hydrogen-bond donors (Lipinski definition) is 1. The first-order valence-electron chi connectivity index (χ1n) is 11.6. The Kier molecular flexibility index (Phi) is 8.56. The van der Waals surface area contributed by atoms with Gasteiger partial charge in [0.1, 0.15) is 41.3 Å². The maximum atomic E-state index is 10.6. The second kappa shape index (κ2) is 11.6. The number of ether oxygens (including phenoxy) is 5. The van der Waals surface area contributed by atoms with Crippen LogP contribution >= 0.6 is 11.8 Å². The van der Waals surface area contributed by atoms with E-state index in [0.29, 0.717) is 13.2 Å². The summed E-state index contributed by atoms with van der Waals surface area (Å²) >= 11 is 1.55. The van der Waals surface area contributed by atoms with Crippen LogP contribution in [0.3, 0.4) is 0 Å². The standard InChI is InChI=1S/C26H34N2O6S/c1-16(29)22-24(33-15-18-8-12-20(31-5)13-9-18)23(21-25(34-22)35-26(27-21)28(2)3)32-14-17-6-10-19(30-4)11-7-17/h6-13,16,21-25,29H,14-15H2,1-5H3/t16-,21+,22+,23?,24?,25+/m0/s1. The van der Waals surface area contributed by atoms with E-state index in [1.165, 1.54) is 0 Å². The van der Waals surface area contributed by atoms with Gasteiger partial charge in [0.05, 0.1) is 33.5 Å². The van der Waals surface area contributed by atoms with Crippen LogP contribution in [0.4, 0.5) is 0 Å². The van der Waals surface area contributed by atoms with E-state index in [9.17, 15) is 5.11 Å². The molecule has 4 rings (SSSR count). The number of nitrogens with zero attached hydrogens (tertiary/aromatic N) is 2. The molecular formula is C26H34N2O6S. The fourth-order valence-corrected chi connectivity index (χ4v) is 5.30. The van der Waals surface area contributed by atoms with E-state index in [4.69, 9.17) is 28.7 Å². The molecule has 35 heavy (non-hydrogen) atoms. The number of thioether (sulfide) groups is 1. The van der Waals surface area contributed by atoms with Crippen molar-refractivity contribution >= 4 is 16.9 Å². The Morgan fingerprint density at radius 1 is 0.914 bits per heavy atom. The summed E-state index contributed by atoms with van der Waals surface area (Å²) < 4.78 is 29.7. The van der Waals surface area contributed by atoms with E-state index < -0.39 is 24.4 Å². The largest absolute Gasteiger partial charge is 0.497 e. The zero-order chi connectivity index (χ0) is 24.9. The first kappa shape index (κ1) is 25.8. The van der Waals surface area contributed by atoms with Crippen LogP contribution in [0.1, 0.15) is 18.1 Å². The number of aliphatic hydroxyl groups is 1. The molecule has 8 nitrogen and oxygen atoms in total. The summed E-state index contributed by atoms with van der Waals surface area (Å²) in [6.07, 6.45) is -2.21. The summed E-state index contributed by atoms with van der Waals surface area (Å²) in [6, 6.07) is 15.2. The molecule has 190 valence electrons. The van der Waals surface area contributed by atoms with Gasteiger partial charge < -0.3 is 33.7 Å². The van der Waals surface area contributed by atoms with E-state index in [1.807, 2.05) is 67.5 Å². The van der Waals surface area contributed by atoms with Crippen molar-refractivity contribution in [1.82, 2.24) is 4.90 Å². The molecule has 1 fully saturated rings. The first-order valence-corrected chi connectivity index (χ1v) is 12.5. The third kappa shape index (κ3) is 6.10. The molecule has 0 aromatic heterocycles. The Morgan fingerprint density at radius 3 is 1.89 bits per heavy atom. The van der Waals surface area contributed by atoms with E-state index in [1.54, 1.807) is 32.9 Å². The van der Waals surface area contributed by atoms with Crippen molar-refractivity contribution in [2.45, 2.75) is 56.0 Å². The molecule has 2 unspecified atom stereocenters. The molecule has 9 heteroatoms. The highest BCUT2D eigenvalue weighted by Gasteiger charge is 2.52. The van der Waals surface area contributed by atoms with Gasteiger partial charge in [-0.1, -0.05) is 36.0 Å². The lowest BCUT2D eigenvalue weighted by Gasteiger charge is -2.43. The molecule has 2 heterocycles. The minimum Gasteiger partial charge on any atom is -0.497 e. The van der Waals surface area contributed by atoms with Gasteiger partial charge in [-0.05, 0) is 42.3 Å². The number of methoxy groups -OCH3 is 2. The molecule has 0 bridgehead atoms. The number of benzene rings is 2. The maximum Gasteiger partial charge on any atom is 0.161 e. The Bertz CT molecular complexity index is 982. The van der Waals surface area contributed by atoms with E-state index in [-0.39, 0.29) is 11.5 Å². The normalized spacial score (nSPS) is 26.6. The average Bonchev–Trinajstić information content (AvgIpc) is 3.31. The molecular weight excluding hydrogens is 468 g/mol. The molecule has 1 saturated heterocycles. The molecule has 0 radical (unpaired) electrons. The van der Waals surface area contributed by atoms with E-state index in [0.717, 1.165) is 27.8 Å². The van der Waals surface area contributed by atoms with Crippen LogP contribution in [-0.4, -0.2) is 79.4 Å². The monoisotopic (exact) mass is 502 g/mol. The molecule has 2 aromatic rings. The Morgan fingerprint density at radius 2 is 1.43 bits per heavy atom. The Balaban J connectivity index is 1.57. The zero-order valence-corrected chi connectivity index (χ0v) is 21.6. The highest BCUT2D eigenvalue weighted by Crippen LogP contribution is 2.40. The lowest BCUT2D eigenvalue weighted by Crippen LogP contribution is -2.59. The number of aliphatic hydroxyl groups excluding tert-OH is 1. The molecule has 1 N–H and O–H groups in total. The molecule has 6 atom stereocenters. The summed E-state index contributed by atoms with van der Waals surface area (Å²) in [7, 11) is 7.20. The highest BCUT2D eigenvalue weighted by atomic mass is 32.2. The lowest BCUT2D eigenvalue weighted by molar-refractivity contribution is -0.218. The van der Waals surface area contributed by atoms with Crippen LogP contribution < -0.4 is 9.47 Å². The van der Waals surface area contributed by atoms with Gasteiger partial charge in [0.2, 0.25) is 0 Å². The molecule has 0 spiro atoms. The van der Waals surface area contributed by atoms with Crippen molar-refractivity contribution in [3.63, 3.8) is 0 Å². The molecule has 0 amide bonds. The minimum atomic E-state index is -0.743. The predicted molar refractivity (Wildman–Crippen MR) is 136 cm³/mol. The van der Waals surface area contributed by atoms with Crippen molar-refractivity contribution in [3.8, 4) is 11.5 Å². The van der Waals surface area contributed by atoms with Crippen LogP contribution in [0.15, 0.2) is 53.5 Å². The SMILES string of the molecule is COc1ccc(COC2C(OCc3ccc(OC)cc3)[C@@H]([C@H](C)O)O[C@@H]3SC(N(C)C)=N[C@H]23)cc1. The predicted octanol–water partition coefficient (Wildman–Crippen LogP) is 3.31.